The van der Waals surface area contributed by atoms with Gasteiger partial charge < -0.3 is 19.9 Å². The van der Waals surface area contributed by atoms with Gasteiger partial charge in [-0.05, 0) is 43.2 Å². The third kappa shape index (κ3) is 5.84. The highest BCUT2D eigenvalue weighted by Crippen LogP contribution is 2.26. The number of ether oxygens (including phenoxy) is 2. The zero-order valence-corrected chi connectivity index (χ0v) is 14.0. The van der Waals surface area contributed by atoms with E-state index in [1.807, 2.05) is 25.1 Å². The van der Waals surface area contributed by atoms with Gasteiger partial charge in [-0.2, -0.15) is 0 Å². The molecule has 0 heterocycles. The van der Waals surface area contributed by atoms with Crippen molar-refractivity contribution in [3.63, 3.8) is 0 Å². The van der Waals surface area contributed by atoms with Crippen LogP contribution in [0.5, 0.6) is 11.5 Å². The number of aromatic carboxylic acids is 1. The molecule has 0 bridgehead atoms. The van der Waals surface area contributed by atoms with Crippen molar-refractivity contribution in [1.29, 1.82) is 0 Å². The highest BCUT2D eigenvalue weighted by Gasteiger charge is 2.08. The Morgan fingerprint density at radius 1 is 1.04 bits per heavy atom. The maximum atomic E-state index is 11.9. The van der Waals surface area contributed by atoms with Gasteiger partial charge in [0.1, 0.15) is 0 Å². The highest BCUT2D eigenvalue weighted by atomic mass is 16.5. The second kappa shape index (κ2) is 9.32. The van der Waals surface area contributed by atoms with E-state index in [4.69, 9.17) is 14.6 Å². The molecule has 25 heavy (non-hydrogen) atoms. The molecule has 6 nitrogen and oxygen atoms in total. The van der Waals surface area contributed by atoms with E-state index in [1.165, 1.54) is 6.07 Å². The quantitative estimate of drug-likeness (QED) is 0.731. The lowest BCUT2D eigenvalue weighted by atomic mass is 10.1. The Kier molecular flexibility index (Phi) is 6.83. The largest absolute Gasteiger partial charge is 0.490 e. The summed E-state index contributed by atoms with van der Waals surface area (Å²) >= 11 is 0. The lowest BCUT2D eigenvalue weighted by Crippen LogP contribution is -2.30. The molecule has 132 valence electrons. The highest BCUT2D eigenvalue weighted by molar-refractivity contribution is 5.87. The molecule has 2 aromatic rings. The average Bonchev–Trinajstić information content (AvgIpc) is 2.61. The number of carbonyl (C=O) groups is 2. The fraction of sp³-hybridized carbons (Fsp3) is 0.263. The van der Waals surface area contributed by atoms with Gasteiger partial charge in [0.25, 0.3) is 5.91 Å². The standard InChI is InChI=1S/C19H21NO5/c1-2-24-16-8-3-4-9-17(16)25-13-18(21)20-11-10-14-6-5-7-15(12-14)19(22)23/h3-9,12H,2,10-11,13H2,1H3,(H,20,21)(H,22,23). The van der Waals surface area contributed by atoms with Crippen LogP contribution in [0.2, 0.25) is 0 Å². The van der Waals surface area contributed by atoms with Crippen LogP contribution >= 0.6 is 0 Å². The molecule has 0 aromatic heterocycles. The van der Waals surface area contributed by atoms with E-state index in [1.54, 1.807) is 24.3 Å². The first kappa shape index (κ1) is 18.3. The van der Waals surface area contributed by atoms with Crippen molar-refractivity contribution in [1.82, 2.24) is 5.32 Å². The van der Waals surface area contributed by atoms with Gasteiger partial charge in [-0.25, -0.2) is 4.79 Å². The molecule has 2 N–H and O–H groups in total. The predicted octanol–water partition coefficient (Wildman–Crippen LogP) is 2.52. The minimum Gasteiger partial charge on any atom is -0.490 e. The molecule has 0 aliphatic carbocycles. The molecule has 2 rings (SSSR count). The van der Waals surface area contributed by atoms with E-state index >= 15 is 0 Å². The van der Waals surface area contributed by atoms with Crippen molar-refractivity contribution in [2.24, 2.45) is 0 Å². The van der Waals surface area contributed by atoms with E-state index in [-0.39, 0.29) is 18.1 Å². The Morgan fingerprint density at radius 2 is 1.76 bits per heavy atom. The zero-order valence-electron chi connectivity index (χ0n) is 14.0. The predicted molar refractivity (Wildman–Crippen MR) is 93.2 cm³/mol. The van der Waals surface area contributed by atoms with Crippen LogP contribution in [0.4, 0.5) is 0 Å². The molecule has 0 fully saturated rings. The number of carbonyl (C=O) groups excluding carboxylic acids is 1. The van der Waals surface area contributed by atoms with E-state index < -0.39 is 5.97 Å². The van der Waals surface area contributed by atoms with Gasteiger partial charge in [0, 0.05) is 6.54 Å². The number of carboxylic acids is 1. The number of carboxylic acid groups (broad SMARTS) is 1. The Bertz CT molecular complexity index is 729. The molecular formula is C19H21NO5. The molecule has 1 amide bonds. The van der Waals surface area contributed by atoms with Crippen LogP contribution in [0.3, 0.4) is 0 Å². The SMILES string of the molecule is CCOc1ccccc1OCC(=O)NCCc1cccc(C(=O)O)c1. The summed E-state index contributed by atoms with van der Waals surface area (Å²) in [6.07, 6.45) is 0.544. The van der Waals surface area contributed by atoms with Gasteiger partial charge in [-0.15, -0.1) is 0 Å². The third-order valence-corrected chi connectivity index (χ3v) is 3.42. The lowest BCUT2D eigenvalue weighted by molar-refractivity contribution is -0.123. The Labute approximate surface area is 146 Å². The van der Waals surface area contributed by atoms with Crippen LogP contribution in [0.25, 0.3) is 0 Å². The maximum Gasteiger partial charge on any atom is 0.335 e. The van der Waals surface area contributed by atoms with E-state index in [0.29, 0.717) is 31.1 Å². The van der Waals surface area contributed by atoms with Crippen molar-refractivity contribution in [2.75, 3.05) is 19.8 Å². The second-order valence-corrected chi connectivity index (χ2v) is 5.27. The minimum atomic E-state index is -0.966. The van der Waals surface area contributed by atoms with Crippen molar-refractivity contribution < 1.29 is 24.2 Å². The fourth-order valence-electron chi connectivity index (χ4n) is 2.24. The Balaban J connectivity index is 1.78. The monoisotopic (exact) mass is 343 g/mol. The molecule has 0 radical (unpaired) electrons. The summed E-state index contributed by atoms with van der Waals surface area (Å²) in [6.45, 7) is 2.68. The molecular weight excluding hydrogens is 322 g/mol. The summed E-state index contributed by atoms with van der Waals surface area (Å²) in [7, 11) is 0. The first-order valence-electron chi connectivity index (χ1n) is 8.03. The van der Waals surface area contributed by atoms with Crippen molar-refractivity contribution in [3.8, 4) is 11.5 Å². The van der Waals surface area contributed by atoms with E-state index in [0.717, 1.165) is 5.56 Å². The maximum absolute atomic E-state index is 11.9. The molecule has 0 aliphatic heterocycles. The van der Waals surface area contributed by atoms with Crippen LogP contribution < -0.4 is 14.8 Å². The number of nitrogens with one attached hydrogen (secondary N) is 1. The summed E-state index contributed by atoms with van der Waals surface area (Å²) in [5, 5.41) is 11.7. The molecule has 0 saturated heterocycles. The van der Waals surface area contributed by atoms with Crippen LogP contribution in [0.15, 0.2) is 48.5 Å². The summed E-state index contributed by atoms with van der Waals surface area (Å²) in [5.74, 6) is -0.0927. The third-order valence-electron chi connectivity index (χ3n) is 3.42. The number of amides is 1. The topological polar surface area (TPSA) is 84.9 Å². The van der Waals surface area contributed by atoms with Crippen LogP contribution in [0, 0.1) is 0 Å². The lowest BCUT2D eigenvalue weighted by Gasteiger charge is -2.11. The van der Waals surface area contributed by atoms with Gasteiger partial charge in [-0.1, -0.05) is 24.3 Å². The van der Waals surface area contributed by atoms with Crippen LogP contribution in [-0.4, -0.2) is 36.7 Å². The smallest absolute Gasteiger partial charge is 0.335 e. The van der Waals surface area contributed by atoms with Gasteiger partial charge in [0.2, 0.25) is 0 Å². The molecule has 2 aromatic carbocycles. The molecule has 0 unspecified atom stereocenters. The molecule has 0 saturated carbocycles. The number of hydrogen-bond donors (Lipinski definition) is 2. The first-order valence-corrected chi connectivity index (χ1v) is 8.03. The van der Waals surface area contributed by atoms with Crippen molar-refractivity contribution >= 4 is 11.9 Å². The van der Waals surface area contributed by atoms with E-state index in [9.17, 15) is 9.59 Å². The van der Waals surface area contributed by atoms with Gasteiger partial charge in [-0.3, -0.25) is 4.79 Å². The summed E-state index contributed by atoms with van der Waals surface area (Å²) in [5.41, 5.74) is 1.09. The number of hydrogen-bond acceptors (Lipinski definition) is 4. The number of benzene rings is 2. The van der Waals surface area contributed by atoms with Crippen molar-refractivity contribution in [3.05, 3.63) is 59.7 Å². The van der Waals surface area contributed by atoms with Gasteiger partial charge in [0.05, 0.1) is 12.2 Å². The molecule has 0 aliphatic rings. The summed E-state index contributed by atoms with van der Waals surface area (Å²) < 4.78 is 10.9. The Morgan fingerprint density at radius 3 is 2.44 bits per heavy atom. The fourth-order valence-corrected chi connectivity index (χ4v) is 2.24. The number of rotatable bonds is 9. The normalized spacial score (nSPS) is 10.1. The molecule has 0 atom stereocenters. The summed E-state index contributed by atoms with van der Waals surface area (Å²) in [6, 6.07) is 13.8. The first-order chi connectivity index (χ1) is 12.1. The van der Waals surface area contributed by atoms with E-state index in [2.05, 4.69) is 5.32 Å². The Hall–Kier alpha value is -3.02. The van der Waals surface area contributed by atoms with Gasteiger partial charge >= 0.3 is 5.97 Å². The van der Waals surface area contributed by atoms with Crippen LogP contribution in [-0.2, 0) is 11.2 Å². The van der Waals surface area contributed by atoms with Crippen LogP contribution in [0.1, 0.15) is 22.8 Å². The second-order valence-electron chi connectivity index (χ2n) is 5.27. The average molecular weight is 343 g/mol. The molecule has 6 heteroatoms. The number of para-hydroxylation sites is 2. The van der Waals surface area contributed by atoms with Gasteiger partial charge in [0.15, 0.2) is 18.1 Å². The van der Waals surface area contributed by atoms with Crippen molar-refractivity contribution in [2.45, 2.75) is 13.3 Å². The zero-order chi connectivity index (χ0) is 18.1. The summed E-state index contributed by atoms with van der Waals surface area (Å²) in [4.78, 5) is 22.8. The minimum absolute atomic E-state index is 0.112. The molecule has 0 spiro atoms.